The molecule has 2 aliphatic carbocycles. The fourth-order valence-corrected chi connectivity index (χ4v) is 3.10. The standard InChI is InChI=1S/C7H7Cl3/c8-6-2-1-5(3-6)7(9,10)4-6/h1-2,5H,3-4H2. The van der Waals surface area contributed by atoms with E-state index in [-0.39, 0.29) is 10.8 Å². The highest BCUT2D eigenvalue weighted by atomic mass is 35.5. The Morgan fingerprint density at radius 3 is 2.20 bits per heavy atom. The van der Waals surface area contributed by atoms with E-state index in [1.807, 2.05) is 12.2 Å². The smallest absolute Gasteiger partial charge is 0.115 e. The van der Waals surface area contributed by atoms with Crippen molar-refractivity contribution in [2.24, 2.45) is 5.92 Å². The summed E-state index contributed by atoms with van der Waals surface area (Å²) in [6.45, 7) is 0. The number of hydrogen-bond acceptors (Lipinski definition) is 0. The van der Waals surface area contributed by atoms with E-state index in [1.54, 1.807) is 0 Å². The van der Waals surface area contributed by atoms with Crippen molar-refractivity contribution < 1.29 is 0 Å². The van der Waals surface area contributed by atoms with Crippen LogP contribution in [0.3, 0.4) is 0 Å². The molecule has 2 atom stereocenters. The Morgan fingerprint density at radius 2 is 2.00 bits per heavy atom. The maximum absolute atomic E-state index is 6.13. The molecule has 2 unspecified atom stereocenters. The molecule has 0 aromatic heterocycles. The lowest BCUT2D eigenvalue weighted by Gasteiger charge is -2.22. The number of halogens is 3. The monoisotopic (exact) mass is 196 g/mol. The summed E-state index contributed by atoms with van der Waals surface area (Å²) >= 11 is 18.1. The van der Waals surface area contributed by atoms with Crippen LogP contribution in [0.25, 0.3) is 0 Å². The molecule has 0 aliphatic heterocycles. The summed E-state index contributed by atoms with van der Waals surface area (Å²) in [5, 5.41) is 0. The van der Waals surface area contributed by atoms with Crippen LogP contribution in [0.1, 0.15) is 12.8 Å². The lowest BCUT2D eigenvalue weighted by Crippen LogP contribution is -2.22. The summed E-state index contributed by atoms with van der Waals surface area (Å²) in [6.07, 6.45) is 5.63. The van der Waals surface area contributed by atoms with E-state index >= 15 is 0 Å². The zero-order valence-corrected chi connectivity index (χ0v) is 7.55. The predicted octanol–water partition coefficient (Wildman–Crippen LogP) is 3.12. The Kier molecular flexibility index (Phi) is 1.35. The first kappa shape index (κ1) is 7.27. The summed E-state index contributed by atoms with van der Waals surface area (Å²) in [5.74, 6) is 0.272. The van der Waals surface area contributed by atoms with Crippen molar-refractivity contribution in [2.45, 2.75) is 22.0 Å². The summed E-state index contributed by atoms with van der Waals surface area (Å²) in [5.41, 5.74) is 0. The molecule has 1 fully saturated rings. The molecule has 0 N–H and O–H groups in total. The van der Waals surface area contributed by atoms with E-state index < -0.39 is 4.33 Å². The van der Waals surface area contributed by atoms with Crippen LogP contribution in [0, 0.1) is 5.92 Å². The van der Waals surface area contributed by atoms with Gasteiger partial charge in [0.25, 0.3) is 0 Å². The van der Waals surface area contributed by atoms with Gasteiger partial charge < -0.3 is 0 Å². The molecule has 0 aromatic rings. The highest BCUT2D eigenvalue weighted by molar-refractivity contribution is 6.50. The number of alkyl halides is 3. The quantitative estimate of drug-likeness (QED) is 0.413. The molecular weight excluding hydrogens is 190 g/mol. The first-order valence-electron chi connectivity index (χ1n) is 3.28. The van der Waals surface area contributed by atoms with Gasteiger partial charge in [-0.2, -0.15) is 0 Å². The summed E-state index contributed by atoms with van der Waals surface area (Å²) < 4.78 is -0.601. The van der Waals surface area contributed by atoms with Crippen molar-refractivity contribution in [1.29, 1.82) is 0 Å². The Hall–Kier alpha value is 0.610. The molecule has 0 amide bonds. The fourth-order valence-electron chi connectivity index (χ4n) is 1.73. The minimum atomic E-state index is -0.601. The number of allylic oxidation sites excluding steroid dienone is 2. The summed E-state index contributed by atoms with van der Waals surface area (Å²) in [6, 6.07) is 0. The second-order valence-corrected chi connectivity index (χ2v) is 5.44. The van der Waals surface area contributed by atoms with Gasteiger partial charge in [-0.05, 0) is 6.42 Å². The third kappa shape index (κ3) is 0.895. The van der Waals surface area contributed by atoms with Crippen molar-refractivity contribution >= 4 is 34.8 Å². The minimum absolute atomic E-state index is 0.228. The van der Waals surface area contributed by atoms with Gasteiger partial charge in [-0.3, -0.25) is 0 Å². The van der Waals surface area contributed by atoms with E-state index in [0.717, 1.165) is 6.42 Å². The molecule has 3 heteroatoms. The third-order valence-corrected chi connectivity index (χ3v) is 3.50. The molecule has 10 heavy (non-hydrogen) atoms. The van der Waals surface area contributed by atoms with Gasteiger partial charge in [-0.15, -0.1) is 34.8 Å². The predicted molar refractivity (Wildman–Crippen MR) is 44.9 cm³/mol. The Bertz CT molecular complexity index is 197. The van der Waals surface area contributed by atoms with Gasteiger partial charge in [0.05, 0.1) is 4.87 Å². The van der Waals surface area contributed by atoms with Crippen molar-refractivity contribution in [3.63, 3.8) is 0 Å². The third-order valence-electron chi connectivity index (χ3n) is 2.26. The first-order chi connectivity index (χ1) is 4.52. The maximum atomic E-state index is 6.13. The molecule has 0 spiro atoms. The lowest BCUT2D eigenvalue weighted by molar-refractivity contribution is 0.653. The zero-order valence-electron chi connectivity index (χ0n) is 5.28. The van der Waals surface area contributed by atoms with Crippen molar-refractivity contribution in [2.75, 3.05) is 0 Å². The molecular formula is C7H7Cl3. The Balaban J connectivity index is 2.35. The molecule has 0 aromatic carbocycles. The number of fused-ring (bicyclic) bond motifs is 2. The number of hydrogen-bond donors (Lipinski definition) is 0. The average Bonchev–Trinajstić information content (AvgIpc) is 2.16. The Morgan fingerprint density at radius 1 is 1.30 bits per heavy atom. The minimum Gasteiger partial charge on any atom is -0.115 e. The van der Waals surface area contributed by atoms with E-state index in [4.69, 9.17) is 34.8 Å². The van der Waals surface area contributed by atoms with Gasteiger partial charge >= 0.3 is 0 Å². The van der Waals surface area contributed by atoms with Crippen LogP contribution in [-0.4, -0.2) is 9.21 Å². The van der Waals surface area contributed by atoms with Crippen molar-refractivity contribution in [3.05, 3.63) is 12.2 Å². The lowest BCUT2D eigenvalue weighted by atomic mass is 10.1. The van der Waals surface area contributed by atoms with E-state index in [1.165, 1.54) is 0 Å². The molecule has 0 heterocycles. The first-order valence-corrected chi connectivity index (χ1v) is 4.41. The van der Waals surface area contributed by atoms with Crippen LogP contribution in [-0.2, 0) is 0 Å². The van der Waals surface area contributed by atoms with Gasteiger partial charge in [0, 0.05) is 12.3 Å². The SMILES string of the molecule is ClC12C=CC(C1)C(Cl)(Cl)C2. The van der Waals surface area contributed by atoms with Crippen molar-refractivity contribution in [3.8, 4) is 0 Å². The van der Waals surface area contributed by atoms with E-state index in [0.29, 0.717) is 6.42 Å². The highest BCUT2D eigenvalue weighted by Crippen LogP contribution is 2.57. The van der Waals surface area contributed by atoms with Crippen LogP contribution < -0.4 is 0 Å². The fraction of sp³-hybridized carbons (Fsp3) is 0.714. The molecule has 2 bridgehead atoms. The zero-order chi connectivity index (χ0) is 7.41. The van der Waals surface area contributed by atoms with Gasteiger partial charge in [0.15, 0.2) is 0 Å². The van der Waals surface area contributed by atoms with Crippen LogP contribution in [0.4, 0.5) is 0 Å². The average molecular weight is 197 g/mol. The summed E-state index contributed by atoms with van der Waals surface area (Å²) in [7, 11) is 0. The van der Waals surface area contributed by atoms with E-state index in [2.05, 4.69) is 0 Å². The van der Waals surface area contributed by atoms with Crippen LogP contribution >= 0.6 is 34.8 Å². The largest absolute Gasteiger partial charge is 0.126 e. The molecule has 56 valence electrons. The molecule has 2 rings (SSSR count). The van der Waals surface area contributed by atoms with Crippen LogP contribution in [0.5, 0.6) is 0 Å². The molecule has 0 saturated heterocycles. The van der Waals surface area contributed by atoms with Gasteiger partial charge in [0.1, 0.15) is 4.33 Å². The van der Waals surface area contributed by atoms with Crippen LogP contribution in [0.15, 0.2) is 12.2 Å². The van der Waals surface area contributed by atoms with Crippen LogP contribution in [0.2, 0.25) is 0 Å². The maximum Gasteiger partial charge on any atom is 0.126 e. The molecule has 0 radical (unpaired) electrons. The topological polar surface area (TPSA) is 0 Å². The van der Waals surface area contributed by atoms with E-state index in [9.17, 15) is 0 Å². The molecule has 0 nitrogen and oxygen atoms in total. The second-order valence-electron chi connectivity index (χ2n) is 3.14. The van der Waals surface area contributed by atoms with Gasteiger partial charge in [-0.1, -0.05) is 12.2 Å². The number of rotatable bonds is 0. The highest BCUT2D eigenvalue weighted by Gasteiger charge is 2.53. The summed E-state index contributed by atoms with van der Waals surface area (Å²) in [4.78, 5) is -0.228. The Labute approximate surface area is 75.1 Å². The molecule has 2 aliphatic rings. The van der Waals surface area contributed by atoms with Gasteiger partial charge in [0.2, 0.25) is 0 Å². The molecule has 1 saturated carbocycles. The normalized spacial score (nSPS) is 48.5. The van der Waals surface area contributed by atoms with Gasteiger partial charge in [-0.25, -0.2) is 0 Å². The van der Waals surface area contributed by atoms with Crippen molar-refractivity contribution in [1.82, 2.24) is 0 Å². The second kappa shape index (κ2) is 1.85.